The second-order valence-electron chi connectivity index (χ2n) is 1.22. The van der Waals surface area contributed by atoms with Crippen molar-refractivity contribution >= 4 is 0 Å². The molecular weight excluding hydrogens is 86.1 g/mol. The Labute approximate surface area is 44.7 Å². The first-order valence-electron chi connectivity index (χ1n) is 2.34. The molecule has 0 aliphatic heterocycles. The molecule has 0 heterocycles. The fourth-order valence-electron chi connectivity index (χ4n) is 0.282. The predicted molar refractivity (Wildman–Crippen MR) is 33.3 cm³/mol. The van der Waals surface area contributed by atoms with Crippen molar-refractivity contribution in [3.05, 3.63) is 24.8 Å². The minimum Gasteiger partial charge on any atom is -0.316 e. The molecule has 0 fully saturated rings. The van der Waals surface area contributed by atoms with Crippen molar-refractivity contribution in [1.29, 1.82) is 0 Å². The van der Waals surface area contributed by atoms with Crippen LogP contribution in [0.25, 0.3) is 0 Å². The van der Waals surface area contributed by atoms with E-state index in [1.54, 1.807) is 6.08 Å². The molecule has 1 N–H and O–H groups in total. The highest BCUT2D eigenvalue weighted by Crippen LogP contribution is 1.67. The number of hydrogen-bond donors (Lipinski definition) is 1. The number of allylic oxidation sites excluding steroid dienone is 2. The Hall–Kier alpha value is -0.560. The van der Waals surface area contributed by atoms with E-state index in [-0.39, 0.29) is 0 Å². The number of rotatable bonds is 3. The second-order valence-corrected chi connectivity index (χ2v) is 1.22. The zero-order valence-corrected chi connectivity index (χ0v) is 4.65. The lowest BCUT2D eigenvalue weighted by atomic mass is 10.5. The Kier molecular flexibility index (Phi) is 5.00. The minimum atomic E-state index is 0.923. The van der Waals surface area contributed by atoms with Gasteiger partial charge in [-0.25, -0.2) is 0 Å². The average molecular weight is 97.2 g/mol. The first-order valence-corrected chi connectivity index (χ1v) is 2.34. The van der Waals surface area contributed by atoms with Crippen LogP contribution in [0.4, 0.5) is 0 Å². The first-order chi connectivity index (χ1) is 3.41. The molecule has 0 saturated heterocycles. The van der Waals surface area contributed by atoms with Crippen LogP contribution in [0.1, 0.15) is 0 Å². The van der Waals surface area contributed by atoms with E-state index < -0.39 is 0 Å². The van der Waals surface area contributed by atoms with E-state index >= 15 is 0 Å². The molecule has 0 radical (unpaired) electrons. The van der Waals surface area contributed by atoms with Crippen LogP contribution in [0.2, 0.25) is 0 Å². The molecular formula is C6H11N. The molecule has 0 aromatic rings. The SMILES string of the molecule is C=CC=CCNC. The van der Waals surface area contributed by atoms with E-state index in [4.69, 9.17) is 0 Å². The van der Waals surface area contributed by atoms with Gasteiger partial charge in [0, 0.05) is 6.54 Å². The molecule has 1 heteroatoms. The Balaban J connectivity index is 2.92. The summed E-state index contributed by atoms with van der Waals surface area (Å²) in [4.78, 5) is 0. The molecule has 0 aliphatic carbocycles. The molecule has 0 unspecified atom stereocenters. The summed E-state index contributed by atoms with van der Waals surface area (Å²) in [5, 5.41) is 2.97. The van der Waals surface area contributed by atoms with Gasteiger partial charge in [0.05, 0.1) is 0 Å². The van der Waals surface area contributed by atoms with E-state index in [0.29, 0.717) is 0 Å². The number of nitrogens with one attached hydrogen (secondary N) is 1. The molecule has 0 atom stereocenters. The third-order valence-corrected chi connectivity index (χ3v) is 0.594. The Morgan fingerprint density at radius 2 is 2.43 bits per heavy atom. The van der Waals surface area contributed by atoms with Crippen molar-refractivity contribution in [3.8, 4) is 0 Å². The van der Waals surface area contributed by atoms with E-state index in [9.17, 15) is 0 Å². The lowest BCUT2D eigenvalue weighted by molar-refractivity contribution is 0.920. The third kappa shape index (κ3) is 5.44. The van der Waals surface area contributed by atoms with E-state index in [2.05, 4.69) is 11.9 Å². The molecule has 0 saturated carbocycles. The smallest absolute Gasteiger partial charge is 0.0134 e. The summed E-state index contributed by atoms with van der Waals surface area (Å²) < 4.78 is 0. The summed E-state index contributed by atoms with van der Waals surface area (Å²) in [6, 6.07) is 0. The van der Waals surface area contributed by atoms with Crippen LogP contribution in [0.3, 0.4) is 0 Å². The van der Waals surface area contributed by atoms with Crippen molar-refractivity contribution in [2.75, 3.05) is 13.6 Å². The van der Waals surface area contributed by atoms with Gasteiger partial charge in [0.2, 0.25) is 0 Å². The average Bonchev–Trinajstić information content (AvgIpc) is 1.69. The molecule has 0 rings (SSSR count). The normalized spacial score (nSPS) is 9.86. The molecule has 0 aromatic heterocycles. The van der Waals surface area contributed by atoms with Crippen LogP contribution >= 0.6 is 0 Å². The van der Waals surface area contributed by atoms with Crippen LogP contribution in [-0.2, 0) is 0 Å². The van der Waals surface area contributed by atoms with E-state index in [0.717, 1.165) is 6.54 Å². The van der Waals surface area contributed by atoms with Crippen LogP contribution in [0.5, 0.6) is 0 Å². The molecule has 7 heavy (non-hydrogen) atoms. The Morgan fingerprint density at radius 3 is 2.86 bits per heavy atom. The fraction of sp³-hybridized carbons (Fsp3) is 0.333. The molecule has 1 nitrogen and oxygen atoms in total. The molecule has 0 spiro atoms. The highest BCUT2D eigenvalue weighted by atomic mass is 14.8. The molecule has 0 bridgehead atoms. The van der Waals surface area contributed by atoms with Gasteiger partial charge in [-0.1, -0.05) is 24.8 Å². The van der Waals surface area contributed by atoms with Gasteiger partial charge in [0.25, 0.3) is 0 Å². The van der Waals surface area contributed by atoms with Crippen LogP contribution in [0, 0.1) is 0 Å². The zero-order chi connectivity index (χ0) is 5.54. The fourth-order valence-corrected chi connectivity index (χ4v) is 0.282. The summed E-state index contributed by atoms with van der Waals surface area (Å²) in [6.45, 7) is 4.44. The first kappa shape index (κ1) is 6.44. The van der Waals surface area contributed by atoms with Gasteiger partial charge >= 0.3 is 0 Å². The maximum absolute atomic E-state index is 3.52. The summed E-state index contributed by atoms with van der Waals surface area (Å²) in [6.07, 6.45) is 5.68. The topological polar surface area (TPSA) is 12.0 Å². The number of likely N-dealkylation sites (N-methyl/N-ethyl adjacent to an activating group) is 1. The third-order valence-electron chi connectivity index (χ3n) is 0.594. The van der Waals surface area contributed by atoms with Crippen LogP contribution < -0.4 is 5.32 Å². The summed E-state index contributed by atoms with van der Waals surface area (Å²) >= 11 is 0. The molecule has 0 amide bonds. The van der Waals surface area contributed by atoms with Gasteiger partial charge in [0.15, 0.2) is 0 Å². The van der Waals surface area contributed by atoms with Crippen molar-refractivity contribution in [2.24, 2.45) is 0 Å². The van der Waals surface area contributed by atoms with Crippen molar-refractivity contribution < 1.29 is 0 Å². The highest BCUT2D eigenvalue weighted by Gasteiger charge is 1.62. The largest absolute Gasteiger partial charge is 0.316 e. The van der Waals surface area contributed by atoms with Crippen LogP contribution in [-0.4, -0.2) is 13.6 Å². The molecule has 0 aliphatic rings. The van der Waals surface area contributed by atoms with Crippen molar-refractivity contribution in [2.45, 2.75) is 0 Å². The Bertz CT molecular complexity index is 64.6. The minimum absolute atomic E-state index is 0.923. The van der Waals surface area contributed by atoms with Gasteiger partial charge < -0.3 is 5.32 Å². The van der Waals surface area contributed by atoms with Gasteiger partial charge in [-0.3, -0.25) is 0 Å². The van der Waals surface area contributed by atoms with Crippen molar-refractivity contribution in [1.82, 2.24) is 5.32 Å². The van der Waals surface area contributed by atoms with E-state index in [1.807, 2.05) is 19.2 Å². The van der Waals surface area contributed by atoms with E-state index in [1.165, 1.54) is 0 Å². The quantitative estimate of drug-likeness (QED) is 0.517. The standard InChI is InChI=1S/C6H11N/c1-3-4-5-6-7-2/h3-5,7H,1,6H2,2H3. The highest BCUT2D eigenvalue weighted by molar-refractivity contribution is 4.97. The summed E-state index contributed by atoms with van der Waals surface area (Å²) in [5.41, 5.74) is 0. The predicted octanol–water partition coefficient (Wildman–Crippen LogP) is 0.948. The maximum Gasteiger partial charge on any atom is 0.0134 e. The lowest BCUT2D eigenvalue weighted by Gasteiger charge is -1.82. The lowest BCUT2D eigenvalue weighted by Crippen LogP contribution is -2.03. The van der Waals surface area contributed by atoms with Gasteiger partial charge in [-0.15, -0.1) is 0 Å². The zero-order valence-electron chi connectivity index (χ0n) is 4.65. The molecule has 40 valence electrons. The summed E-state index contributed by atoms with van der Waals surface area (Å²) in [7, 11) is 1.91. The van der Waals surface area contributed by atoms with Gasteiger partial charge in [-0.2, -0.15) is 0 Å². The monoisotopic (exact) mass is 97.1 g/mol. The van der Waals surface area contributed by atoms with Gasteiger partial charge in [-0.05, 0) is 7.05 Å². The van der Waals surface area contributed by atoms with Crippen molar-refractivity contribution in [3.63, 3.8) is 0 Å². The van der Waals surface area contributed by atoms with Gasteiger partial charge in [0.1, 0.15) is 0 Å². The molecule has 0 aromatic carbocycles. The maximum atomic E-state index is 3.52. The number of hydrogen-bond acceptors (Lipinski definition) is 1. The van der Waals surface area contributed by atoms with Crippen LogP contribution in [0.15, 0.2) is 24.8 Å². The Morgan fingerprint density at radius 1 is 1.71 bits per heavy atom. The second kappa shape index (κ2) is 5.44. The summed E-state index contributed by atoms with van der Waals surface area (Å²) in [5.74, 6) is 0.